The van der Waals surface area contributed by atoms with E-state index in [4.69, 9.17) is 4.74 Å². The zero-order valence-corrected chi connectivity index (χ0v) is 7.52. The molecule has 0 N–H and O–H groups in total. The summed E-state index contributed by atoms with van der Waals surface area (Å²) < 4.78 is 4.90. The lowest BCUT2D eigenvalue weighted by molar-refractivity contribution is -0.117. The number of methoxy groups -OCH3 is 1. The molecule has 0 amide bonds. The molecule has 0 aliphatic heterocycles. The van der Waals surface area contributed by atoms with E-state index in [1.807, 2.05) is 6.92 Å². The van der Waals surface area contributed by atoms with Crippen molar-refractivity contribution in [1.82, 2.24) is 0 Å². The van der Waals surface area contributed by atoms with Crippen LogP contribution in [0.1, 0.15) is 26.7 Å². The van der Waals surface area contributed by atoms with E-state index in [-0.39, 0.29) is 5.78 Å². The van der Waals surface area contributed by atoms with Gasteiger partial charge in [-0.2, -0.15) is 0 Å². The molecule has 0 aliphatic rings. The molecule has 0 saturated heterocycles. The van der Waals surface area contributed by atoms with E-state index in [0.29, 0.717) is 12.3 Å². The molecule has 0 aromatic carbocycles. The fraction of sp³-hybridized carbons (Fsp3) is 0.667. The number of hydrogen-bond acceptors (Lipinski definition) is 2. The Labute approximate surface area is 68.2 Å². The Balaban J connectivity index is 3.60. The molecule has 0 spiro atoms. The second kappa shape index (κ2) is 4.94. The van der Waals surface area contributed by atoms with Gasteiger partial charge < -0.3 is 9.53 Å². The molecule has 2 nitrogen and oxygen atoms in total. The Morgan fingerprint density at radius 1 is 1.55 bits per heavy atom. The molecule has 0 radical (unpaired) electrons. The summed E-state index contributed by atoms with van der Waals surface area (Å²) in [4.78, 5) is 10.7. The molecule has 0 heterocycles. The second-order valence-electron chi connectivity index (χ2n) is 2.96. The zero-order chi connectivity index (χ0) is 8.85. The van der Waals surface area contributed by atoms with Crippen molar-refractivity contribution in [2.24, 2.45) is 5.92 Å². The van der Waals surface area contributed by atoms with Crippen LogP contribution in [-0.2, 0) is 9.53 Å². The van der Waals surface area contributed by atoms with Gasteiger partial charge in [0.15, 0.2) is 0 Å². The number of allylic oxidation sites excluding steroid dienone is 1. The van der Waals surface area contributed by atoms with Gasteiger partial charge in [0.1, 0.15) is 5.78 Å². The van der Waals surface area contributed by atoms with E-state index < -0.39 is 0 Å². The molecular weight excluding hydrogens is 140 g/mol. The quantitative estimate of drug-likeness (QED) is 0.570. The van der Waals surface area contributed by atoms with Gasteiger partial charge in [0.05, 0.1) is 12.9 Å². The summed E-state index contributed by atoms with van der Waals surface area (Å²) in [6.45, 7) is 7.31. The van der Waals surface area contributed by atoms with Gasteiger partial charge in [0.2, 0.25) is 0 Å². The minimum absolute atomic E-state index is 0.224. The van der Waals surface area contributed by atoms with E-state index in [1.54, 1.807) is 14.0 Å². The first kappa shape index (κ1) is 10.2. The Morgan fingerprint density at radius 3 is 2.45 bits per heavy atom. The number of hydrogen-bond donors (Lipinski definition) is 0. The summed E-state index contributed by atoms with van der Waals surface area (Å²) in [7, 11) is 1.60. The highest BCUT2D eigenvalue weighted by atomic mass is 16.5. The van der Waals surface area contributed by atoms with Crippen LogP contribution in [0.3, 0.4) is 0 Å². The predicted octanol–water partition coefficient (Wildman–Crippen LogP) is 2.15. The maximum absolute atomic E-state index is 10.7. The Kier molecular flexibility index (Phi) is 4.59. The van der Waals surface area contributed by atoms with Crippen LogP contribution in [0, 0.1) is 5.92 Å². The van der Waals surface area contributed by atoms with Crippen molar-refractivity contribution >= 4 is 5.78 Å². The average molecular weight is 156 g/mol. The number of rotatable bonds is 5. The maximum Gasteiger partial charge on any atom is 0.130 e. The number of carbonyl (C=O) groups excluding carboxylic acids is 1. The summed E-state index contributed by atoms with van der Waals surface area (Å²) in [5.41, 5.74) is 0. The highest BCUT2D eigenvalue weighted by Gasteiger charge is 2.06. The van der Waals surface area contributed by atoms with Crippen molar-refractivity contribution in [3.63, 3.8) is 0 Å². The molecule has 1 unspecified atom stereocenters. The Bertz CT molecular complexity index is 150. The summed E-state index contributed by atoms with van der Waals surface area (Å²) in [6, 6.07) is 0. The van der Waals surface area contributed by atoms with E-state index in [2.05, 4.69) is 6.58 Å². The van der Waals surface area contributed by atoms with Gasteiger partial charge in [0, 0.05) is 12.8 Å². The summed E-state index contributed by atoms with van der Waals surface area (Å²) in [5, 5.41) is 0. The second-order valence-corrected chi connectivity index (χ2v) is 2.96. The van der Waals surface area contributed by atoms with Crippen LogP contribution in [0.5, 0.6) is 0 Å². The molecule has 64 valence electrons. The summed E-state index contributed by atoms with van der Waals surface area (Å²) in [6.07, 6.45) is 1.39. The van der Waals surface area contributed by atoms with Gasteiger partial charge in [-0.25, -0.2) is 0 Å². The SMILES string of the molecule is C=C(CC(C)CC(C)=O)OC. The van der Waals surface area contributed by atoms with Crippen LogP contribution in [0.4, 0.5) is 0 Å². The Morgan fingerprint density at radius 2 is 2.09 bits per heavy atom. The van der Waals surface area contributed by atoms with Crippen LogP contribution in [0.2, 0.25) is 0 Å². The molecule has 0 rings (SSSR count). The monoisotopic (exact) mass is 156 g/mol. The number of ether oxygens (including phenoxy) is 1. The van der Waals surface area contributed by atoms with Crippen LogP contribution in [0.15, 0.2) is 12.3 Å². The smallest absolute Gasteiger partial charge is 0.130 e. The van der Waals surface area contributed by atoms with E-state index >= 15 is 0 Å². The van der Waals surface area contributed by atoms with Gasteiger partial charge in [0.25, 0.3) is 0 Å². The first-order valence-electron chi connectivity index (χ1n) is 3.77. The highest BCUT2D eigenvalue weighted by molar-refractivity contribution is 5.75. The molecule has 0 fully saturated rings. The first-order chi connectivity index (χ1) is 5.06. The topological polar surface area (TPSA) is 26.3 Å². The molecule has 0 aromatic heterocycles. The third-order valence-corrected chi connectivity index (χ3v) is 1.50. The molecule has 0 bridgehead atoms. The van der Waals surface area contributed by atoms with Crippen LogP contribution in [-0.4, -0.2) is 12.9 Å². The third kappa shape index (κ3) is 5.64. The average Bonchev–Trinajstić information content (AvgIpc) is 1.85. The molecule has 0 saturated carbocycles. The lowest BCUT2D eigenvalue weighted by Crippen LogP contribution is -2.03. The zero-order valence-electron chi connectivity index (χ0n) is 7.52. The van der Waals surface area contributed by atoms with E-state index in [1.165, 1.54) is 0 Å². The minimum Gasteiger partial charge on any atom is -0.502 e. The fourth-order valence-electron chi connectivity index (χ4n) is 1.03. The maximum atomic E-state index is 10.7. The Hall–Kier alpha value is -0.790. The van der Waals surface area contributed by atoms with Crippen LogP contribution in [0.25, 0.3) is 0 Å². The number of carbonyl (C=O) groups is 1. The van der Waals surface area contributed by atoms with Crippen molar-refractivity contribution in [3.8, 4) is 0 Å². The largest absolute Gasteiger partial charge is 0.502 e. The van der Waals surface area contributed by atoms with Crippen molar-refractivity contribution in [3.05, 3.63) is 12.3 Å². The van der Waals surface area contributed by atoms with Crippen molar-refractivity contribution in [1.29, 1.82) is 0 Å². The van der Waals surface area contributed by atoms with Crippen LogP contribution >= 0.6 is 0 Å². The lowest BCUT2D eigenvalue weighted by atomic mass is 10.0. The van der Waals surface area contributed by atoms with Gasteiger partial charge in [-0.05, 0) is 12.8 Å². The molecule has 11 heavy (non-hydrogen) atoms. The van der Waals surface area contributed by atoms with Crippen molar-refractivity contribution in [2.45, 2.75) is 26.7 Å². The van der Waals surface area contributed by atoms with E-state index in [0.717, 1.165) is 12.2 Å². The predicted molar refractivity (Wildman–Crippen MR) is 45.2 cm³/mol. The van der Waals surface area contributed by atoms with Gasteiger partial charge in [-0.15, -0.1) is 0 Å². The normalized spacial score (nSPS) is 12.3. The number of Topliss-reactive ketones (excluding diaryl/α,β-unsaturated/α-hetero) is 1. The minimum atomic E-state index is 0.224. The molecule has 0 aliphatic carbocycles. The summed E-state index contributed by atoms with van der Waals surface area (Å²) >= 11 is 0. The molecular formula is C9H16O2. The van der Waals surface area contributed by atoms with Gasteiger partial charge >= 0.3 is 0 Å². The molecule has 2 heteroatoms. The first-order valence-corrected chi connectivity index (χ1v) is 3.77. The summed E-state index contributed by atoms with van der Waals surface area (Å²) in [5.74, 6) is 1.32. The highest BCUT2D eigenvalue weighted by Crippen LogP contribution is 2.13. The molecule has 0 aromatic rings. The van der Waals surface area contributed by atoms with E-state index in [9.17, 15) is 4.79 Å². The molecule has 1 atom stereocenters. The van der Waals surface area contributed by atoms with Crippen molar-refractivity contribution in [2.75, 3.05) is 7.11 Å². The third-order valence-electron chi connectivity index (χ3n) is 1.50. The standard InChI is InChI=1S/C9H16O2/c1-7(5-8(2)10)6-9(3)11-4/h7H,3,5-6H2,1-2,4H3. The van der Waals surface area contributed by atoms with Crippen molar-refractivity contribution < 1.29 is 9.53 Å². The van der Waals surface area contributed by atoms with Gasteiger partial charge in [-0.1, -0.05) is 13.5 Å². The lowest BCUT2D eigenvalue weighted by Gasteiger charge is -2.09. The fourth-order valence-corrected chi connectivity index (χ4v) is 1.03. The van der Waals surface area contributed by atoms with Gasteiger partial charge in [-0.3, -0.25) is 0 Å². The van der Waals surface area contributed by atoms with Crippen LogP contribution < -0.4 is 0 Å². The number of ketones is 1.